The highest BCUT2D eigenvalue weighted by Gasteiger charge is 2.24. The molecule has 1 aromatic heterocycles. The van der Waals surface area contributed by atoms with Crippen molar-refractivity contribution in [3.63, 3.8) is 0 Å². The van der Waals surface area contributed by atoms with Gasteiger partial charge in [0.05, 0.1) is 31.8 Å². The lowest BCUT2D eigenvalue weighted by Crippen LogP contribution is -2.49. The molecule has 0 N–H and O–H groups in total. The molecule has 0 radical (unpaired) electrons. The Morgan fingerprint density at radius 2 is 1.79 bits per heavy atom. The van der Waals surface area contributed by atoms with Gasteiger partial charge in [-0.3, -0.25) is 4.79 Å². The molecular weight excluding hydrogens is 530 g/mol. The number of fused-ring (bicyclic) bond motifs is 1. The number of ether oxygens (including phenoxy) is 3. The molecule has 0 bridgehead atoms. The van der Waals surface area contributed by atoms with E-state index in [9.17, 15) is 4.79 Å². The predicted molar refractivity (Wildman–Crippen MR) is 166 cm³/mol. The highest BCUT2D eigenvalue weighted by Crippen LogP contribution is 2.35. The van der Waals surface area contributed by atoms with Crippen LogP contribution in [0, 0.1) is 0 Å². The molecular formula is C33H45N5O4. The number of hydrogen-bond donors (Lipinski definition) is 0. The van der Waals surface area contributed by atoms with Gasteiger partial charge in [0.15, 0.2) is 11.5 Å². The molecule has 0 aliphatic carbocycles. The summed E-state index contributed by atoms with van der Waals surface area (Å²) in [4.78, 5) is 28.9. The van der Waals surface area contributed by atoms with Gasteiger partial charge in [-0.05, 0) is 70.3 Å². The van der Waals surface area contributed by atoms with Crippen molar-refractivity contribution in [2.75, 3.05) is 57.9 Å². The lowest BCUT2D eigenvalue weighted by Gasteiger charge is -2.36. The van der Waals surface area contributed by atoms with Gasteiger partial charge >= 0.3 is 0 Å². The Kier molecular flexibility index (Phi) is 10.00. The predicted octanol–water partition coefficient (Wildman–Crippen LogP) is 4.96. The Hall–Kier alpha value is -3.59. The van der Waals surface area contributed by atoms with E-state index in [-0.39, 0.29) is 12.0 Å². The SMILES string of the molecule is COc1cc2c(N3CCN(C(=O)Cc4ccc(OC(C)C)cc4)CC3)ncnc2cc1OCCCN1CCCCC1C. The maximum atomic E-state index is 13.0. The average molecular weight is 576 g/mol. The first kappa shape index (κ1) is 29.9. The third-order valence-electron chi connectivity index (χ3n) is 8.27. The third kappa shape index (κ3) is 7.43. The summed E-state index contributed by atoms with van der Waals surface area (Å²) in [7, 11) is 1.67. The minimum Gasteiger partial charge on any atom is -0.493 e. The molecule has 0 spiro atoms. The summed E-state index contributed by atoms with van der Waals surface area (Å²) in [5.41, 5.74) is 1.82. The van der Waals surface area contributed by atoms with Gasteiger partial charge in [-0.1, -0.05) is 18.6 Å². The molecule has 2 aliphatic heterocycles. The van der Waals surface area contributed by atoms with Crippen LogP contribution in [0.1, 0.15) is 52.0 Å². The normalized spacial score (nSPS) is 18.0. The molecule has 9 heteroatoms. The van der Waals surface area contributed by atoms with Crippen LogP contribution in [0.5, 0.6) is 17.2 Å². The third-order valence-corrected chi connectivity index (χ3v) is 8.27. The number of hydrogen-bond acceptors (Lipinski definition) is 8. The number of carbonyl (C=O) groups is 1. The van der Waals surface area contributed by atoms with Gasteiger partial charge in [0.1, 0.15) is 17.9 Å². The van der Waals surface area contributed by atoms with E-state index in [0.717, 1.165) is 41.0 Å². The second-order valence-corrected chi connectivity index (χ2v) is 11.7. The number of anilines is 1. The van der Waals surface area contributed by atoms with E-state index in [1.165, 1.54) is 25.8 Å². The quantitative estimate of drug-likeness (QED) is 0.297. The summed E-state index contributed by atoms with van der Waals surface area (Å²) in [5.74, 6) is 3.21. The fourth-order valence-corrected chi connectivity index (χ4v) is 5.93. The zero-order chi connectivity index (χ0) is 29.5. The van der Waals surface area contributed by atoms with E-state index in [2.05, 4.69) is 26.7 Å². The van der Waals surface area contributed by atoms with Gasteiger partial charge in [0.2, 0.25) is 5.91 Å². The molecule has 1 unspecified atom stereocenters. The van der Waals surface area contributed by atoms with Crippen molar-refractivity contribution in [2.24, 2.45) is 0 Å². The van der Waals surface area contributed by atoms with E-state index in [0.29, 0.717) is 56.7 Å². The molecule has 2 saturated heterocycles. The van der Waals surface area contributed by atoms with Crippen LogP contribution < -0.4 is 19.1 Å². The summed E-state index contributed by atoms with van der Waals surface area (Å²) in [6, 6.07) is 12.4. The van der Waals surface area contributed by atoms with Crippen LogP contribution >= 0.6 is 0 Å². The lowest BCUT2D eigenvalue weighted by molar-refractivity contribution is -0.130. The molecule has 0 saturated carbocycles. The maximum absolute atomic E-state index is 13.0. The van der Waals surface area contributed by atoms with Gasteiger partial charge in [-0.25, -0.2) is 9.97 Å². The molecule has 2 aromatic carbocycles. The van der Waals surface area contributed by atoms with Gasteiger partial charge in [-0.2, -0.15) is 0 Å². The van der Waals surface area contributed by atoms with E-state index < -0.39 is 0 Å². The second kappa shape index (κ2) is 14.1. The summed E-state index contributed by atoms with van der Waals surface area (Å²) < 4.78 is 17.6. The molecule has 42 heavy (non-hydrogen) atoms. The van der Waals surface area contributed by atoms with Crippen molar-refractivity contribution in [1.29, 1.82) is 0 Å². The molecule has 3 aromatic rings. The van der Waals surface area contributed by atoms with E-state index in [1.807, 2.05) is 55.1 Å². The zero-order valence-corrected chi connectivity index (χ0v) is 25.6. The number of carbonyl (C=O) groups excluding carboxylic acids is 1. The minimum absolute atomic E-state index is 0.126. The van der Waals surface area contributed by atoms with Crippen molar-refractivity contribution < 1.29 is 19.0 Å². The van der Waals surface area contributed by atoms with Crippen molar-refractivity contribution in [3.8, 4) is 17.2 Å². The summed E-state index contributed by atoms with van der Waals surface area (Å²) in [6.07, 6.45) is 7.01. The number of piperazine rings is 1. The molecule has 2 fully saturated rings. The number of nitrogens with zero attached hydrogens (tertiary/aromatic N) is 5. The topological polar surface area (TPSA) is 80.3 Å². The number of aromatic nitrogens is 2. The molecule has 1 amide bonds. The number of methoxy groups -OCH3 is 1. The number of piperidine rings is 1. The Morgan fingerprint density at radius 3 is 2.50 bits per heavy atom. The number of amides is 1. The highest BCUT2D eigenvalue weighted by molar-refractivity contribution is 5.92. The van der Waals surface area contributed by atoms with Gasteiger partial charge in [-0.15, -0.1) is 0 Å². The van der Waals surface area contributed by atoms with Crippen LogP contribution in [-0.4, -0.2) is 90.8 Å². The Morgan fingerprint density at radius 1 is 1.00 bits per heavy atom. The number of likely N-dealkylation sites (tertiary alicyclic amines) is 1. The van der Waals surface area contributed by atoms with Crippen LogP contribution in [-0.2, 0) is 11.2 Å². The fourth-order valence-electron chi connectivity index (χ4n) is 5.93. The zero-order valence-electron chi connectivity index (χ0n) is 25.6. The summed E-state index contributed by atoms with van der Waals surface area (Å²) >= 11 is 0. The Bertz CT molecular complexity index is 1320. The molecule has 226 valence electrons. The van der Waals surface area contributed by atoms with Gasteiger partial charge in [0, 0.05) is 50.2 Å². The van der Waals surface area contributed by atoms with Crippen LogP contribution in [0.2, 0.25) is 0 Å². The lowest BCUT2D eigenvalue weighted by atomic mass is 10.0. The van der Waals surface area contributed by atoms with E-state index in [4.69, 9.17) is 14.2 Å². The average Bonchev–Trinajstić information content (AvgIpc) is 3.00. The van der Waals surface area contributed by atoms with Crippen molar-refractivity contribution in [3.05, 3.63) is 48.3 Å². The second-order valence-electron chi connectivity index (χ2n) is 11.7. The first-order valence-corrected chi connectivity index (χ1v) is 15.4. The molecule has 1 atom stereocenters. The molecule has 2 aliphatic rings. The first-order valence-electron chi connectivity index (χ1n) is 15.4. The Labute approximate surface area is 249 Å². The molecule has 5 rings (SSSR count). The largest absolute Gasteiger partial charge is 0.493 e. The van der Waals surface area contributed by atoms with E-state index >= 15 is 0 Å². The molecule has 9 nitrogen and oxygen atoms in total. The standard InChI is InChI=1S/C33H45N5O4/c1-24(2)42-27-11-9-26(10-12-27)20-32(39)37-15-17-38(18-16-37)33-28-21-30(40-4)31(22-29(28)34-23-35-33)41-19-7-14-36-13-6-5-8-25(36)3/h9-12,21-25H,5-8,13-20H2,1-4H3. The first-order chi connectivity index (χ1) is 20.4. The minimum atomic E-state index is 0.126. The van der Waals surface area contributed by atoms with Crippen LogP contribution in [0.4, 0.5) is 5.82 Å². The maximum Gasteiger partial charge on any atom is 0.227 e. The van der Waals surface area contributed by atoms with Crippen molar-refractivity contribution >= 4 is 22.6 Å². The number of benzene rings is 2. The summed E-state index contributed by atoms with van der Waals surface area (Å²) in [5, 5.41) is 0.923. The fraction of sp³-hybridized carbons (Fsp3) is 0.545. The van der Waals surface area contributed by atoms with E-state index in [1.54, 1.807) is 13.4 Å². The smallest absolute Gasteiger partial charge is 0.227 e. The number of rotatable bonds is 11. The van der Waals surface area contributed by atoms with Gasteiger partial charge in [0.25, 0.3) is 0 Å². The van der Waals surface area contributed by atoms with Crippen LogP contribution in [0.15, 0.2) is 42.7 Å². The molecule has 3 heterocycles. The van der Waals surface area contributed by atoms with Crippen LogP contribution in [0.25, 0.3) is 10.9 Å². The van der Waals surface area contributed by atoms with Crippen LogP contribution in [0.3, 0.4) is 0 Å². The Balaban J connectivity index is 1.18. The monoisotopic (exact) mass is 575 g/mol. The van der Waals surface area contributed by atoms with Gasteiger partial charge < -0.3 is 28.9 Å². The summed E-state index contributed by atoms with van der Waals surface area (Å²) in [6.45, 7) is 11.9. The highest BCUT2D eigenvalue weighted by atomic mass is 16.5. The van der Waals surface area contributed by atoms with Crippen molar-refractivity contribution in [1.82, 2.24) is 19.8 Å². The van der Waals surface area contributed by atoms with Crippen molar-refractivity contribution in [2.45, 2.75) is 65.0 Å².